The fraction of sp³-hybridized carbons (Fsp3) is 0.600. The zero-order valence-electron chi connectivity index (χ0n) is 15.8. The van der Waals surface area contributed by atoms with Crippen LogP contribution < -0.4 is 10.1 Å². The van der Waals surface area contributed by atoms with Gasteiger partial charge in [0.15, 0.2) is 0 Å². The number of para-hydroxylation sites is 1. The summed E-state index contributed by atoms with van der Waals surface area (Å²) in [7, 11) is 1.51. The lowest BCUT2D eigenvalue weighted by Gasteiger charge is -2.21. The average molecular weight is 349 g/mol. The fourth-order valence-corrected chi connectivity index (χ4v) is 2.52. The van der Waals surface area contributed by atoms with Gasteiger partial charge in [0.25, 0.3) is 5.91 Å². The minimum atomic E-state index is -0.673. The molecule has 0 aliphatic heterocycles. The maximum Gasteiger partial charge on any atom is 0.328 e. The molecule has 140 valence electrons. The van der Waals surface area contributed by atoms with Crippen LogP contribution >= 0.6 is 0 Å². The van der Waals surface area contributed by atoms with Crippen LogP contribution in [-0.2, 0) is 9.53 Å². The van der Waals surface area contributed by atoms with Crippen molar-refractivity contribution in [3.8, 4) is 5.75 Å². The van der Waals surface area contributed by atoms with Gasteiger partial charge in [0.2, 0.25) is 0 Å². The molecule has 25 heavy (non-hydrogen) atoms. The van der Waals surface area contributed by atoms with Crippen molar-refractivity contribution in [3.63, 3.8) is 0 Å². The van der Waals surface area contributed by atoms with Crippen molar-refractivity contribution in [2.24, 2.45) is 5.92 Å². The second kappa shape index (κ2) is 11.5. The van der Waals surface area contributed by atoms with Crippen LogP contribution in [-0.4, -0.2) is 31.6 Å². The number of benzene rings is 1. The van der Waals surface area contributed by atoms with Crippen LogP contribution in [0.5, 0.6) is 5.75 Å². The van der Waals surface area contributed by atoms with Gasteiger partial charge in [-0.05, 0) is 24.5 Å². The van der Waals surface area contributed by atoms with Crippen molar-refractivity contribution in [1.29, 1.82) is 0 Å². The van der Waals surface area contributed by atoms with Crippen LogP contribution in [0.2, 0.25) is 0 Å². The summed E-state index contributed by atoms with van der Waals surface area (Å²) >= 11 is 0. The molecule has 0 aromatic heterocycles. The number of amides is 1. The molecule has 1 amide bonds. The van der Waals surface area contributed by atoms with E-state index in [0.717, 1.165) is 19.3 Å². The molecule has 0 aliphatic rings. The second-order valence-electron chi connectivity index (χ2n) is 6.48. The molecule has 1 rings (SSSR count). The maximum atomic E-state index is 12.5. The number of hydrogen-bond acceptors (Lipinski definition) is 4. The van der Waals surface area contributed by atoms with E-state index in [9.17, 15) is 9.59 Å². The Morgan fingerprint density at radius 2 is 1.76 bits per heavy atom. The van der Waals surface area contributed by atoms with Gasteiger partial charge < -0.3 is 14.8 Å². The third-order valence-corrected chi connectivity index (χ3v) is 4.05. The number of ether oxygens (including phenoxy) is 2. The highest BCUT2D eigenvalue weighted by Crippen LogP contribution is 2.18. The molecule has 1 N–H and O–H groups in total. The first kappa shape index (κ1) is 21.0. The Balaban J connectivity index is 2.58. The Morgan fingerprint density at radius 3 is 2.40 bits per heavy atom. The average Bonchev–Trinajstić information content (AvgIpc) is 2.61. The molecule has 1 unspecified atom stereocenters. The van der Waals surface area contributed by atoms with Crippen molar-refractivity contribution in [2.75, 3.05) is 13.7 Å². The molecule has 0 heterocycles. The number of carbonyl (C=O) groups is 2. The molecule has 0 saturated heterocycles. The molecule has 0 aliphatic carbocycles. The first-order chi connectivity index (χ1) is 12.0. The Hall–Kier alpha value is -2.04. The summed E-state index contributed by atoms with van der Waals surface area (Å²) in [5, 5.41) is 2.77. The van der Waals surface area contributed by atoms with Gasteiger partial charge in [-0.15, -0.1) is 0 Å². The number of esters is 1. The largest absolute Gasteiger partial charge is 0.496 e. The quantitative estimate of drug-likeness (QED) is 0.485. The van der Waals surface area contributed by atoms with E-state index in [0.29, 0.717) is 17.9 Å². The first-order valence-electron chi connectivity index (χ1n) is 9.11. The van der Waals surface area contributed by atoms with Crippen molar-refractivity contribution >= 4 is 11.9 Å². The number of unbranched alkanes of at least 4 members (excludes halogenated alkanes) is 4. The van der Waals surface area contributed by atoms with Gasteiger partial charge in [0.1, 0.15) is 11.8 Å². The van der Waals surface area contributed by atoms with Crippen molar-refractivity contribution in [1.82, 2.24) is 5.32 Å². The van der Waals surface area contributed by atoms with Gasteiger partial charge in [-0.3, -0.25) is 4.79 Å². The van der Waals surface area contributed by atoms with E-state index in [-0.39, 0.29) is 17.8 Å². The van der Waals surface area contributed by atoms with Crippen LogP contribution in [0.3, 0.4) is 0 Å². The lowest BCUT2D eigenvalue weighted by molar-refractivity contribution is -0.147. The van der Waals surface area contributed by atoms with Gasteiger partial charge in [-0.2, -0.15) is 0 Å². The predicted octanol–water partition coefficient (Wildman–Crippen LogP) is 3.96. The minimum absolute atomic E-state index is 0.0637. The molecule has 1 aromatic carbocycles. The van der Waals surface area contributed by atoms with Crippen LogP contribution in [0.25, 0.3) is 0 Å². The van der Waals surface area contributed by atoms with Crippen molar-refractivity contribution in [2.45, 2.75) is 58.9 Å². The smallest absolute Gasteiger partial charge is 0.328 e. The van der Waals surface area contributed by atoms with E-state index in [2.05, 4.69) is 12.2 Å². The molecule has 1 aromatic rings. The Bertz CT molecular complexity index is 542. The second-order valence-corrected chi connectivity index (χ2v) is 6.48. The lowest BCUT2D eigenvalue weighted by atomic mass is 10.0. The molecule has 0 spiro atoms. The summed E-state index contributed by atoms with van der Waals surface area (Å²) in [5.74, 6) is -0.303. The molecular formula is C20H31NO4. The third kappa shape index (κ3) is 7.16. The molecule has 0 bridgehead atoms. The highest BCUT2D eigenvalue weighted by atomic mass is 16.5. The van der Waals surface area contributed by atoms with E-state index < -0.39 is 6.04 Å². The summed E-state index contributed by atoms with van der Waals surface area (Å²) < 4.78 is 10.6. The molecule has 0 saturated carbocycles. The number of carbonyl (C=O) groups excluding carboxylic acids is 2. The van der Waals surface area contributed by atoms with E-state index in [4.69, 9.17) is 9.47 Å². The van der Waals surface area contributed by atoms with Crippen molar-refractivity contribution in [3.05, 3.63) is 29.8 Å². The highest BCUT2D eigenvalue weighted by molar-refractivity contribution is 5.99. The Kier molecular flexibility index (Phi) is 9.66. The SMILES string of the molecule is CCCCCCCOC(=O)C(NC(=O)c1ccccc1OC)C(C)C. The summed E-state index contributed by atoms with van der Waals surface area (Å²) in [4.78, 5) is 24.8. The van der Waals surface area contributed by atoms with Crippen LogP contribution in [0.15, 0.2) is 24.3 Å². The minimum Gasteiger partial charge on any atom is -0.496 e. The Labute approximate surface area is 151 Å². The topological polar surface area (TPSA) is 64.6 Å². The molecule has 5 heteroatoms. The molecule has 5 nitrogen and oxygen atoms in total. The van der Waals surface area contributed by atoms with Crippen LogP contribution in [0.4, 0.5) is 0 Å². The molecule has 0 radical (unpaired) electrons. The monoisotopic (exact) mass is 349 g/mol. The van der Waals surface area contributed by atoms with E-state index >= 15 is 0 Å². The first-order valence-corrected chi connectivity index (χ1v) is 9.11. The van der Waals surface area contributed by atoms with E-state index in [1.807, 2.05) is 13.8 Å². The van der Waals surface area contributed by atoms with Gasteiger partial charge in [0, 0.05) is 0 Å². The van der Waals surface area contributed by atoms with Gasteiger partial charge in [-0.25, -0.2) is 4.79 Å². The summed E-state index contributed by atoms with van der Waals surface area (Å²) in [6.45, 7) is 6.33. The number of nitrogens with one attached hydrogen (secondary N) is 1. The zero-order chi connectivity index (χ0) is 18.7. The van der Waals surface area contributed by atoms with Crippen LogP contribution in [0.1, 0.15) is 63.2 Å². The summed E-state index contributed by atoms with van der Waals surface area (Å²) in [6.07, 6.45) is 5.46. The molecular weight excluding hydrogens is 318 g/mol. The zero-order valence-corrected chi connectivity index (χ0v) is 15.8. The molecule has 0 fully saturated rings. The van der Waals surface area contributed by atoms with Gasteiger partial charge >= 0.3 is 5.97 Å². The normalized spacial score (nSPS) is 11.9. The Morgan fingerprint density at radius 1 is 1.08 bits per heavy atom. The number of rotatable bonds is 11. The van der Waals surface area contributed by atoms with E-state index in [1.54, 1.807) is 24.3 Å². The maximum absolute atomic E-state index is 12.5. The number of methoxy groups -OCH3 is 1. The molecule has 1 atom stereocenters. The van der Waals surface area contributed by atoms with Crippen molar-refractivity contribution < 1.29 is 19.1 Å². The van der Waals surface area contributed by atoms with Crippen LogP contribution in [0, 0.1) is 5.92 Å². The van der Waals surface area contributed by atoms with E-state index in [1.165, 1.54) is 20.0 Å². The fourth-order valence-electron chi connectivity index (χ4n) is 2.52. The lowest BCUT2D eigenvalue weighted by Crippen LogP contribution is -2.45. The highest BCUT2D eigenvalue weighted by Gasteiger charge is 2.27. The standard InChI is InChI=1S/C20H31NO4/c1-5-6-7-8-11-14-25-20(23)18(15(2)3)21-19(22)16-12-9-10-13-17(16)24-4/h9-10,12-13,15,18H,5-8,11,14H2,1-4H3,(H,21,22). The predicted molar refractivity (Wildman–Crippen MR) is 98.8 cm³/mol. The summed E-state index contributed by atoms with van der Waals surface area (Å²) in [5.41, 5.74) is 0.406. The van der Waals surface area contributed by atoms with Gasteiger partial charge in [-0.1, -0.05) is 58.6 Å². The third-order valence-electron chi connectivity index (χ3n) is 4.05. The summed E-state index contributed by atoms with van der Waals surface area (Å²) in [6, 6.07) is 6.27. The van der Waals surface area contributed by atoms with Gasteiger partial charge in [0.05, 0.1) is 19.3 Å². The number of hydrogen-bond donors (Lipinski definition) is 1.